The summed E-state index contributed by atoms with van der Waals surface area (Å²) in [7, 11) is 3.24. The Balaban J connectivity index is 3.13. The second-order valence-corrected chi connectivity index (χ2v) is 7.81. The minimum atomic E-state index is -3.78. The van der Waals surface area contributed by atoms with Gasteiger partial charge in [-0.25, -0.2) is 8.42 Å². The van der Waals surface area contributed by atoms with Gasteiger partial charge in [0.15, 0.2) is 0 Å². The summed E-state index contributed by atoms with van der Waals surface area (Å²) in [5.41, 5.74) is 0.831. The van der Waals surface area contributed by atoms with Crippen molar-refractivity contribution in [1.82, 2.24) is 4.90 Å². The van der Waals surface area contributed by atoms with Crippen LogP contribution in [-0.2, 0) is 9.05 Å². The number of nitrogens with zero attached hydrogens (tertiary/aromatic N) is 1. The highest BCUT2D eigenvalue weighted by molar-refractivity contribution is 8.15. The number of amides is 1. The molecule has 0 saturated carbocycles. The van der Waals surface area contributed by atoms with Crippen molar-refractivity contribution in [2.24, 2.45) is 0 Å². The van der Waals surface area contributed by atoms with Gasteiger partial charge in [-0.1, -0.05) is 6.92 Å². The Morgan fingerprint density at radius 3 is 2.50 bits per heavy atom. The monoisotopic (exact) mass is 309 g/mol. The summed E-state index contributed by atoms with van der Waals surface area (Å²) in [6.07, 6.45) is 0.839. The van der Waals surface area contributed by atoms with Gasteiger partial charge in [0.1, 0.15) is 4.21 Å². The molecule has 0 fully saturated rings. The van der Waals surface area contributed by atoms with E-state index in [9.17, 15) is 13.2 Å². The Hall–Kier alpha value is -0.590. The fourth-order valence-electron chi connectivity index (χ4n) is 1.51. The summed E-state index contributed by atoms with van der Waals surface area (Å²) >= 11 is 0.981. The first-order valence-corrected chi connectivity index (χ1v) is 8.69. The average Bonchev–Trinajstić information content (AvgIpc) is 2.67. The van der Waals surface area contributed by atoms with Crippen LogP contribution in [0.15, 0.2) is 9.59 Å². The number of carbonyl (C=O) groups excluding carboxylic acids is 1. The van der Waals surface area contributed by atoms with Crippen molar-refractivity contribution < 1.29 is 13.2 Å². The van der Waals surface area contributed by atoms with Gasteiger partial charge < -0.3 is 4.90 Å². The van der Waals surface area contributed by atoms with E-state index in [1.807, 2.05) is 13.8 Å². The predicted molar refractivity (Wildman–Crippen MR) is 73.9 cm³/mol. The molecule has 102 valence electrons. The molecule has 0 aliphatic rings. The Kier molecular flexibility index (Phi) is 4.80. The zero-order valence-corrected chi connectivity index (χ0v) is 13.1. The summed E-state index contributed by atoms with van der Waals surface area (Å²) in [6, 6.07) is 0.104. The fraction of sp³-hybridized carbons (Fsp3) is 0.545. The Labute approximate surface area is 116 Å². The van der Waals surface area contributed by atoms with Crippen LogP contribution in [-0.4, -0.2) is 32.3 Å². The van der Waals surface area contributed by atoms with Crippen LogP contribution in [0.3, 0.4) is 0 Å². The molecule has 0 aliphatic carbocycles. The van der Waals surface area contributed by atoms with Crippen LogP contribution in [0.5, 0.6) is 0 Å². The van der Waals surface area contributed by atoms with Gasteiger partial charge >= 0.3 is 0 Å². The highest BCUT2D eigenvalue weighted by Crippen LogP contribution is 2.30. The lowest BCUT2D eigenvalue weighted by Gasteiger charge is -2.23. The summed E-state index contributed by atoms with van der Waals surface area (Å²) in [5, 5.41) is 1.55. The first-order chi connectivity index (χ1) is 8.20. The maximum atomic E-state index is 12.2. The molecule has 7 heteroatoms. The summed E-state index contributed by atoms with van der Waals surface area (Å²) in [5.74, 6) is -0.176. The molecule has 1 amide bonds. The second kappa shape index (κ2) is 5.59. The van der Waals surface area contributed by atoms with E-state index in [4.69, 9.17) is 10.7 Å². The molecule has 0 aromatic carbocycles. The fourth-order valence-corrected chi connectivity index (χ4v) is 4.06. The molecule has 0 spiro atoms. The van der Waals surface area contributed by atoms with E-state index < -0.39 is 9.05 Å². The van der Waals surface area contributed by atoms with Gasteiger partial charge in [0.25, 0.3) is 15.0 Å². The Morgan fingerprint density at radius 2 is 2.11 bits per heavy atom. The first-order valence-electron chi connectivity index (χ1n) is 5.50. The quantitative estimate of drug-likeness (QED) is 0.804. The standard InChI is InChI=1S/C11H16ClNO3S2/c1-5-7(2)13(4)10(14)9-6-17-11(8(9)3)18(12,15)16/h6-7H,5H2,1-4H3. The van der Waals surface area contributed by atoms with Crippen molar-refractivity contribution >= 4 is 37.0 Å². The molecule has 1 heterocycles. The van der Waals surface area contributed by atoms with Crippen molar-refractivity contribution in [3.8, 4) is 0 Å². The zero-order valence-electron chi connectivity index (χ0n) is 10.7. The molecule has 4 nitrogen and oxygen atoms in total. The SMILES string of the molecule is CCC(C)N(C)C(=O)c1csc(S(=O)(=O)Cl)c1C. The van der Waals surface area contributed by atoms with E-state index in [-0.39, 0.29) is 16.2 Å². The molecule has 0 radical (unpaired) electrons. The maximum absolute atomic E-state index is 12.2. The normalized spacial score (nSPS) is 13.4. The third-order valence-electron chi connectivity index (χ3n) is 3.02. The van der Waals surface area contributed by atoms with Crippen LogP contribution in [0.2, 0.25) is 0 Å². The molecule has 1 aromatic rings. The Bertz CT molecular complexity index is 551. The van der Waals surface area contributed by atoms with Crippen molar-refractivity contribution in [3.63, 3.8) is 0 Å². The Morgan fingerprint density at radius 1 is 1.56 bits per heavy atom. The highest BCUT2D eigenvalue weighted by Gasteiger charge is 2.25. The van der Waals surface area contributed by atoms with Crippen LogP contribution in [0.25, 0.3) is 0 Å². The van der Waals surface area contributed by atoms with E-state index in [1.54, 1.807) is 24.3 Å². The summed E-state index contributed by atoms with van der Waals surface area (Å²) < 4.78 is 22.6. The number of rotatable bonds is 4. The van der Waals surface area contributed by atoms with Crippen molar-refractivity contribution in [3.05, 3.63) is 16.5 Å². The molecular formula is C11H16ClNO3S2. The van der Waals surface area contributed by atoms with Gasteiger partial charge in [-0.05, 0) is 25.8 Å². The van der Waals surface area contributed by atoms with E-state index in [0.29, 0.717) is 11.1 Å². The highest BCUT2D eigenvalue weighted by atomic mass is 35.7. The van der Waals surface area contributed by atoms with Crippen LogP contribution >= 0.6 is 22.0 Å². The van der Waals surface area contributed by atoms with E-state index in [2.05, 4.69) is 0 Å². The molecular weight excluding hydrogens is 294 g/mol. The largest absolute Gasteiger partial charge is 0.339 e. The molecule has 1 aromatic heterocycles. The van der Waals surface area contributed by atoms with Crippen molar-refractivity contribution in [2.75, 3.05) is 7.05 Å². The van der Waals surface area contributed by atoms with E-state index in [0.717, 1.165) is 17.8 Å². The van der Waals surface area contributed by atoms with E-state index >= 15 is 0 Å². The molecule has 1 atom stereocenters. The molecule has 1 unspecified atom stereocenters. The van der Waals surface area contributed by atoms with Crippen molar-refractivity contribution in [1.29, 1.82) is 0 Å². The molecule has 0 N–H and O–H groups in total. The number of hydrogen-bond donors (Lipinski definition) is 0. The van der Waals surface area contributed by atoms with Gasteiger partial charge in [-0.15, -0.1) is 11.3 Å². The number of hydrogen-bond acceptors (Lipinski definition) is 4. The van der Waals surface area contributed by atoms with Gasteiger partial charge in [0.2, 0.25) is 0 Å². The van der Waals surface area contributed by atoms with Crippen LogP contribution < -0.4 is 0 Å². The van der Waals surface area contributed by atoms with E-state index in [1.165, 1.54) is 0 Å². The van der Waals surface area contributed by atoms with Crippen LogP contribution in [0.1, 0.15) is 36.2 Å². The molecule has 0 bridgehead atoms. The first kappa shape index (κ1) is 15.5. The smallest absolute Gasteiger partial charge is 0.271 e. The zero-order chi connectivity index (χ0) is 14.1. The number of halogens is 1. The summed E-state index contributed by atoms with van der Waals surface area (Å²) in [6.45, 7) is 5.53. The molecule has 1 rings (SSSR count). The number of carbonyl (C=O) groups is 1. The lowest BCUT2D eigenvalue weighted by Crippen LogP contribution is -2.34. The lowest BCUT2D eigenvalue weighted by atomic mass is 10.1. The predicted octanol–water partition coefficient (Wildman–Crippen LogP) is 2.85. The minimum absolute atomic E-state index is 0.0464. The third-order valence-corrected chi connectivity index (χ3v) is 6.33. The van der Waals surface area contributed by atoms with Crippen LogP contribution in [0, 0.1) is 6.92 Å². The third kappa shape index (κ3) is 3.05. The minimum Gasteiger partial charge on any atom is -0.339 e. The number of thiophene rings is 1. The summed E-state index contributed by atoms with van der Waals surface area (Å²) in [4.78, 5) is 13.8. The molecule has 18 heavy (non-hydrogen) atoms. The lowest BCUT2D eigenvalue weighted by molar-refractivity contribution is 0.0740. The topological polar surface area (TPSA) is 54.5 Å². The van der Waals surface area contributed by atoms with Crippen molar-refractivity contribution in [2.45, 2.75) is 37.4 Å². The van der Waals surface area contributed by atoms with Crippen LogP contribution in [0.4, 0.5) is 0 Å². The average molecular weight is 310 g/mol. The van der Waals surface area contributed by atoms with Gasteiger partial charge in [0.05, 0.1) is 5.56 Å². The second-order valence-electron chi connectivity index (χ2n) is 4.17. The van der Waals surface area contributed by atoms with Gasteiger partial charge in [-0.2, -0.15) is 0 Å². The maximum Gasteiger partial charge on any atom is 0.271 e. The van der Waals surface area contributed by atoms with Gasteiger partial charge in [0, 0.05) is 29.2 Å². The molecule has 0 aliphatic heterocycles. The molecule has 0 saturated heterocycles. The van der Waals surface area contributed by atoms with Gasteiger partial charge in [-0.3, -0.25) is 4.79 Å².